The van der Waals surface area contributed by atoms with E-state index in [9.17, 15) is 0 Å². The zero-order valence-corrected chi connectivity index (χ0v) is 29.9. The molecule has 0 aliphatic heterocycles. The molecule has 0 amide bonds. The molecule has 2 heterocycles. The third-order valence-corrected chi connectivity index (χ3v) is 10.3. The molecular weight excluding hydrogens is 669 g/mol. The molecule has 0 spiro atoms. The zero-order chi connectivity index (χ0) is 36.6. The molecule has 0 bridgehead atoms. The smallest absolute Gasteiger partial charge is 0.161 e. The lowest BCUT2D eigenvalue weighted by molar-refractivity contribution is 0.669. The summed E-state index contributed by atoms with van der Waals surface area (Å²) in [6.45, 7) is 0. The van der Waals surface area contributed by atoms with E-state index in [4.69, 9.17) is 14.4 Å². The number of fused-ring (bicyclic) bond motifs is 3. The maximum atomic E-state index is 6.53. The Bertz CT molecular complexity index is 2900. The van der Waals surface area contributed by atoms with Crippen LogP contribution in [0.1, 0.15) is 0 Å². The summed E-state index contributed by atoms with van der Waals surface area (Å²) in [5.41, 5.74) is 15.6. The maximum Gasteiger partial charge on any atom is 0.161 e. The van der Waals surface area contributed by atoms with Crippen molar-refractivity contribution in [2.75, 3.05) is 0 Å². The van der Waals surface area contributed by atoms with Crippen molar-refractivity contribution in [1.82, 2.24) is 9.97 Å². The molecule has 0 aliphatic rings. The van der Waals surface area contributed by atoms with Gasteiger partial charge in [0.25, 0.3) is 0 Å². The monoisotopic (exact) mass is 702 g/mol. The number of hydrogen-bond donors (Lipinski definition) is 0. The van der Waals surface area contributed by atoms with E-state index in [0.717, 1.165) is 72.3 Å². The van der Waals surface area contributed by atoms with Gasteiger partial charge in [0.1, 0.15) is 11.2 Å². The maximum absolute atomic E-state index is 6.53. The van der Waals surface area contributed by atoms with Gasteiger partial charge in [-0.15, -0.1) is 0 Å². The first-order chi connectivity index (χ1) is 27.2. The second-order valence-corrected chi connectivity index (χ2v) is 13.8. The van der Waals surface area contributed by atoms with Crippen LogP contribution in [0, 0.1) is 0 Å². The molecule has 0 radical (unpaired) electrons. The summed E-state index contributed by atoms with van der Waals surface area (Å²) in [7, 11) is 0. The van der Waals surface area contributed by atoms with Gasteiger partial charge in [0.2, 0.25) is 0 Å². The summed E-state index contributed by atoms with van der Waals surface area (Å²) in [5, 5.41) is 2.02. The van der Waals surface area contributed by atoms with Crippen LogP contribution in [0.2, 0.25) is 0 Å². The van der Waals surface area contributed by atoms with Crippen molar-refractivity contribution in [3.8, 4) is 78.4 Å². The average molecular weight is 703 g/mol. The van der Waals surface area contributed by atoms with E-state index in [2.05, 4.69) is 182 Å². The number of benzene rings is 8. The van der Waals surface area contributed by atoms with Crippen LogP contribution in [0.5, 0.6) is 0 Å². The molecule has 0 unspecified atom stereocenters. The van der Waals surface area contributed by atoms with Gasteiger partial charge in [-0.3, -0.25) is 0 Å². The molecule has 0 atom stereocenters. The highest BCUT2D eigenvalue weighted by molar-refractivity contribution is 6.13. The number of aromatic nitrogens is 2. The van der Waals surface area contributed by atoms with Gasteiger partial charge < -0.3 is 4.42 Å². The minimum atomic E-state index is 0.651. The molecular formula is C52H34N2O. The highest BCUT2D eigenvalue weighted by Crippen LogP contribution is 2.40. The lowest BCUT2D eigenvalue weighted by atomic mass is 9.92. The molecule has 3 heteroatoms. The lowest BCUT2D eigenvalue weighted by Crippen LogP contribution is -1.96. The molecule has 0 fully saturated rings. The van der Waals surface area contributed by atoms with E-state index in [1.165, 1.54) is 22.3 Å². The Kier molecular flexibility index (Phi) is 8.16. The van der Waals surface area contributed by atoms with E-state index in [-0.39, 0.29) is 0 Å². The van der Waals surface area contributed by atoms with Gasteiger partial charge in [0.15, 0.2) is 5.82 Å². The number of nitrogens with zero attached hydrogens (tertiary/aromatic N) is 2. The molecule has 258 valence electrons. The molecule has 0 saturated heterocycles. The Morgan fingerprint density at radius 2 is 0.745 bits per heavy atom. The summed E-state index contributed by atoms with van der Waals surface area (Å²) in [6, 6.07) is 72.2. The van der Waals surface area contributed by atoms with Crippen LogP contribution >= 0.6 is 0 Å². The molecule has 8 aromatic carbocycles. The first-order valence-corrected chi connectivity index (χ1v) is 18.6. The van der Waals surface area contributed by atoms with Crippen molar-refractivity contribution in [2.24, 2.45) is 0 Å². The molecule has 3 nitrogen and oxygen atoms in total. The fourth-order valence-corrected chi connectivity index (χ4v) is 7.54. The third-order valence-electron chi connectivity index (χ3n) is 10.3. The number of hydrogen-bond acceptors (Lipinski definition) is 3. The van der Waals surface area contributed by atoms with Crippen LogP contribution in [0.25, 0.3) is 100 Å². The van der Waals surface area contributed by atoms with Crippen LogP contribution in [0.3, 0.4) is 0 Å². The first kappa shape index (κ1) is 32.3. The molecule has 0 saturated carbocycles. The summed E-state index contributed by atoms with van der Waals surface area (Å²) in [6.07, 6.45) is 0. The lowest BCUT2D eigenvalue weighted by Gasteiger charge is -2.12. The largest absolute Gasteiger partial charge is 0.456 e. The van der Waals surface area contributed by atoms with Crippen LogP contribution in [0.15, 0.2) is 211 Å². The summed E-state index contributed by atoms with van der Waals surface area (Å²) >= 11 is 0. The Labute approximate surface area is 319 Å². The Morgan fingerprint density at radius 3 is 1.36 bits per heavy atom. The van der Waals surface area contributed by atoms with Crippen LogP contribution in [0.4, 0.5) is 0 Å². The Balaban J connectivity index is 1.15. The second-order valence-electron chi connectivity index (χ2n) is 13.8. The normalized spacial score (nSPS) is 11.3. The summed E-state index contributed by atoms with van der Waals surface area (Å²) in [5.74, 6) is 0.651. The van der Waals surface area contributed by atoms with Crippen molar-refractivity contribution in [2.45, 2.75) is 0 Å². The Hall–Kier alpha value is -7.36. The van der Waals surface area contributed by atoms with E-state index in [1.807, 2.05) is 24.3 Å². The van der Waals surface area contributed by atoms with Crippen LogP contribution in [-0.4, -0.2) is 9.97 Å². The average Bonchev–Trinajstić information content (AvgIpc) is 3.66. The van der Waals surface area contributed by atoms with Gasteiger partial charge >= 0.3 is 0 Å². The SMILES string of the molecule is c1ccc(-c2cc(-c3ccccc3)cc(-c3ccc4oc5cccc(-c6nc(-c7ccccc7)cc(-c7cccc(-c8ccccc8)c7)n6)c5c4c3)c2)cc1. The van der Waals surface area contributed by atoms with Crippen molar-refractivity contribution in [3.63, 3.8) is 0 Å². The van der Waals surface area contributed by atoms with E-state index in [1.54, 1.807) is 0 Å². The van der Waals surface area contributed by atoms with Crippen molar-refractivity contribution in [1.29, 1.82) is 0 Å². The van der Waals surface area contributed by atoms with E-state index >= 15 is 0 Å². The van der Waals surface area contributed by atoms with Gasteiger partial charge in [0, 0.05) is 27.5 Å². The number of furan rings is 1. The van der Waals surface area contributed by atoms with Gasteiger partial charge in [-0.2, -0.15) is 0 Å². The molecule has 10 rings (SSSR count). The fourth-order valence-electron chi connectivity index (χ4n) is 7.54. The standard InChI is InChI=1S/C52H34N2O/c1-5-15-35(16-6-1)39-23-13-24-41(29-39)48-34-47(38-21-11-4-12-22-38)53-52(54-48)45-25-14-26-50-51(45)46-33-40(27-28-49(46)55-50)44-31-42(36-17-7-2-8-18-36)30-43(32-44)37-19-9-3-10-20-37/h1-34H. The quantitative estimate of drug-likeness (QED) is 0.166. The van der Waals surface area contributed by atoms with Crippen molar-refractivity contribution >= 4 is 21.9 Å². The van der Waals surface area contributed by atoms with Gasteiger partial charge in [-0.1, -0.05) is 158 Å². The molecule has 55 heavy (non-hydrogen) atoms. The van der Waals surface area contributed by atoms with Crippen LogP contribution < -0.4 is 0 Å². The number of rotatable bonds is 7. The van der Waals surface area contributed by atoms with Gasteiger partial charge in [0.05, 0.1) is 11.4 Å². The first-order valence-electron chi connectivity index (χ1n) is 18.6. The molecule has 10 aromatic rings. The highest BCUT2D eigenvalue weighted by atomic mass is 16.3. The summed E-state index contributed by atoms with van der Waals surface area (Å²) in [4.78, 5) is 10.5. The predicted octanol–water partition coefficient (Wildman–Crippen LogP) is 14.0. The molecule has 2 aromatic heterocycles. The second kappa shape index (κ2) is 13.9. The van der Waals surface area contributed by atoms with Crippen molar-refractivity contribution < 1.29 is 4.42 Å². The predicted molar refractivity (Wildman–Crippen MR) is 227 cm³/mol. The minimum absolute atomic E-state index is 0.651. The minimum Gasteiger partial charge on any atom is -0.456 e. The van der Waals surface area contributed by atoms with E-state index < -0.39 is 0 Å². The summed E-state index contributed by atoms with van der Waals surface area (Å²) < 4.78 is 6.53. The molecule has 0 aliphatic carbocycles. The van der Waals surface area contributed by atoms with E-state index in [0.29, 0.717) is 5.82 Å². The zero-order valence-electron chi connectivity index (χ0n) is 29.9. The topological polar surface area (TPSA) is 38.9 Å². The van der Waals surface area contributed by atoms with Crippen LogP contribution in [-0.2, 0) is 0 Å². The third kappa shape index (κ3) is 6.28. The Morgan fingerprint density at radius 1 is 0.291 bits per heavy atom. The fraction of sp³-hybridized carbons (Fsp3) is 0. The van der Waals surface area contributed by atoms with Crippen molar-refractivity contribution in [3.05, 3.63) is 206 Å². The highest BCUT2D eigenvalue weighted by Gasteiger charge is 2.18. The van der Waals surface area contributed by atoms with Gasteiger partial charge in [-0.25, -0.2) is 9.97 Å². The van der Waals surface area contributed by atoms with Gasteiger partial charge in [-0.05, 0) is 93.0 Å². The molecule has 0 N–H and O–H groups in total.